The fourth-order valence-corrected chi connectivity index (χ4v) is 4.16. The maximum Gasteiger partial charge on any atom is 0.416 e. The van der Waals surface area contributed by atoms with Gasteiger partial charge in [0.1, 0.15) is 0 Å². The van der Waals surface area contributed by atoms with E-state index in [1.807, 2.05) is 18.2 Å². The standard InChI is InChI=1S/C24H28F3N3O2/c25-24(26,27)19-8-4-7-18(13-19)23(32)29-15-22(31)30-21-12-11-20(28)14-17(21)10-9-16-5-2-1-3-6-16/h1-8,13,17,20-21H,9-12,14-15,28H2,(H,29,32)(H,30,31)/t17-,20-,21+/m1/s1. The van der Waals surface area contributed by atoms with E-state index < -0.39 is 17.6 Å². The molecule has 0 unspecified atom stereocenters. The third kappa shape index (κ3) is 6.82. The number of aryl methyl sites for hydroxylation is 1. The van der Waals surface area contributed by atoms with Crippen LogP contribution in [0, 0.1) is 5.92 Å². The van der Waals surface area contributed by atoms with Crippen molar-refractivity contribution in [2.24, 2.45) is 11.7 Å². The van der Waals surface area contributed by atoms with E-state index >= 15 is 0 Å². The van der Waals surface area contributed by atoms with Gasteiger partial charge in [-0.3, -0.25) is 9.59 Å². The van der Waals surface area contributed by atoms with Gasteiger partial charge >= 0.3 is 6.18 Å². The predicted octanol–water partition coefficient (Wildman–Crippen LogP) is 3.68. The van der Waals surface area contributed by atoms with E-state index in [0.717, 1.165) is 44.2 Å². The second-order valence-corrected chi connectivity index (χ2v) is 8.29. The van der Waals surface area contributed by atoms with Crippen LogP contribution in [0.4, 0.5) is 13.2 Å². The molecule has 8 heteroatoms. The molecule has 0 bridgehead atoms. The Bertz CT molecular complexity index is 918. The topological polar surface area (TPSA) is 84.2 Å². The summed E-state index contributed by atoms with van der Waals surface area (Å²) in [5.41, 5.74) is 6.32. The third-order valence-electron chi connectivity index (χ3n) is 5.88. The van der Waals surface area contributed by atoms with Crippen LogP contribution in [0.5, 0.6) is 0 Å². The Kier molecular flexibility index (Phi) is 7.90. The Balaban J connectivity index is 1.52. The number of alkyl halides is 3. The number of rotatable bonds is 7. The van der Waals surface area contributed by atoms with Crippen molar-refractivity contribution in [3.05, 3.63) is 71.3 Å². The lowest BCUT2D eigenvalue weighted by Crippen LogP contribution is -2.49. The lowest BCUT2D eigenvalue weighted by molar-refractivity contribution is -0.137. The molecule has 0 heterocycles. The summed E-state index contributed by atoms with van der Waals surface area (Å²) in [5.74, 6) is -0.866. The Labute approximate surface area is 185 Å². The minimum atomic E-state index is -4.54. The summed E-state index contributed by atoms with van der Waals surface area (Å²) in [7, 11) is 0. The van der Waals surface area contributed by atoms with E-state index in [0.29, 0.717) is 0 Å². The van der Waals surface area contributed by atoms with Gasteiger partial charge in [0.2, 0.25) is 5.91 Å². The molecule has 5 nitrogen and oxygen atoms in total. The first kappa shape index (κ1) is 23.8. The number of benzene rings is 2. The molecule has 32 heavy (non-hydrogen) atoms. The molecule has 0 radical (unpaired) electrons. The summed E-state index contributed by atoms with van der Waals surface area (Å²) in [4.78, 5) is 24.6. The molecular weight excluding hydrogens is 419 g/mol. The molecule has 3 atom stereocenters. The molecule has 0 aromatic heterocycles. The molecular formula is C24H28F3N3O2. The van der Waals surface area contributed by atoms with E-state index in [9.17, 15) is 22.8 Å². The minimum absolute atomic E-state index is 0.0449. The second kappa shape index (κ2) is 10.6. The number of halogens is 3. The smallest absolute Gasteiger partial charge is 0.352 e. The molecule has 2 aromatic rings. The zero-order valence-electron chi connectivity index (χ0n) is 17.7. The van der Waals surface area contributed by atoms with E-state index in [1.165, 1.54) is 17.7 Å². The molecule has 0 spiro atoms. The average Bonchev–Trinajstić information content (AvgIpc) is 2.78. The summed E-state index contributed by atoms with van der Waals surface area (Å²) >= 11 is 0. The molecule has 3 rings (SSSR count). The highest BCUT2D eigenvalue weighted by atomic mass is 19.4. The summed E-state index contributed by atoms with van der Waals surface area (Å²) in [6.07, 6.45) is -0.383. The number of carbonyl (C=O) groups excluding carboxylic acids is 2. The molecule has 4 N–H and O–H groups in total. The van der Waals surface area contributed by atoms with Crippen molar-refractivity contribution >= 4 is 11.8 Å². The predicted molar refractivity (Wildman–Crippen MR) is 116 cm³/mol. The van der Waals surface area contributed by atoms with Gasteiger partial charge in [0.15, 0.2) is 0 Å². The lowest BCUT2D eigenvalue weighted by Gasteiger charge is -2.35. The molecule has 2 aromatic carbocycles. The Morgan fingerprint density at radius 1 is 1.03 bits per heavy atom. The monoisotopic (exact) mass is 447 g/mol. The van der Waals surface area contributed by atoms with Gasteiger partial charge in [0, 0.05) is 17.6 Å². The van der Waals surface area contributed by atoms with Crippen LogP contribution in [0.1, 0.15) is 47.2 Å². The van der Waals surface area contributed by atoms with Crippen LogP contribution in [0.3, 0.4) is 0 Å². The highest BCUT2D eigenvalue weighted by Gasteiger charge is 2.31. The van der Waals surface area contributed by atoms with Crippen LogP contribution >= 0.6 is 0 Å². The normalized spacial score (nSPS) is 21.1. The zero-order valence-corrected chi connectivity index (χ0v) is 17.7. The van der Waals surface area contributed by atoms with Crippen molar-refractivity contribution in [1.82, 2.24) is 10.6 Å². The van der Waals surface area contributed by atoms with E-state index in [-0.39, 0.29) is 36.0 Å². The number of carbonyl (C=O) groups is 2. The van der Waals surface area contributed by atoms with Crippen molar-refractivity contribution in [2.45, 2.75) is 50.4 Å². The Morgan fingerprint density at radius 2 is 1.78 bits per heavy atom. The maximum atomic E-state index is 12.8. The van der Waals surface area contributed by atoms with Gasteiger partial charge in [-0.15, -0.1) is 0 Å². The van der Waals surface area contributed by atoms with Crippen LogP contribution in [0.2, 0.25) is 0 Å². The highest BCUT2D eigenvalue weighted by molar-refractivity contribution is 5.96. The summed E-state index contributed by atoms with van der Waals surface area (Å²) in [6, 6.07) is 14.3. The van der Waals surface area contributed by atoms with Gasteiger partial charge in [0.25, 0.3) is 5.91 Å². The van der Waals surface area contributed by atoms with E-state index in [4.69, 9.17) is 5.73 Å². The van der Waals surface area contributed by atoms with E-state index in [2.05, 4.69) is 22.8 Å². The van der Waals surface area contributed by atoms with Crippen molar-refractivity contribution in [3.63, 3.8) is 0 Å². The van der Waals surface area contributed by atoms with Crippen LogP contribution in [-0.4, -0.2) is 30.4 Å². The Hall–Kier alpha value is -2.87. The first-order valence-corrected chi connectivity index (χ1v) is 10.8. The van der Waals surface area contributed by atoms with Crippen LogP contribution in [-0.2, 0) is 17.4 Å². The van der Waals surface area contributed by atoms with Gasteiger partial charge < -0.3 is 16.4 Å². The Morgan fingerprint density at radius 3 is 2.50 bits per heavy atom. The first-order chi connectivity index (χ1) is 15.2. The number of amides is 2. The summed E-state index contributed by atoms with van der Waals surface area (Å²) in [6.45, 7) is -0.303. The lowest BCUT2D eigenvalue weighted by atomic mass is 9.79. The van der Waals surface area contributed by atoms with Gasteiger partial charge in [-0.25, -0.2) is 0 Å². The third-order valence-corrected chi connectivity index (χ3v) is 5.88. The average molecular weight is 448 g/mol. The second-order valence-electron chi connectivity index (χ2n) is 8.29. The SMILES string of the molecule is N[C@@H]1CC[C@H](NC(=O)CNC(=O)c2cccc(C(F)(F)F)c2)[C@H](CCc2ccccc2)C1. The molecule has 1 aliphatic carbocycles. The zero-order chi connectivity index (χ0) is 23.1. The molecule has 0 aliphatic heterocycles. The highest BCUT2D eigenvalue weighted by Crippen LogP contribution is 2.30. The van der Waals surface area contributed by atoms with Crippen LogP contribution < -0.4 is 16.4 Å². The fraction of sp³-hybridized carbons (Fsp3) is 0.417. The minimum Gasteiger partial charge on any atom is -0.352 e. The van der Waals surface area contributed by atoms with Crippen molar-refractivity contribution in [1.29, 1.82) is 0 Å². The molecule has 1 saturated carbocycles. The number of hydrogen-bond donors (Lipinski definition) is 3. The summed E-state index contributed by atoms with van der Waals surface area (Å²) < 4.78 is 38.5. The number of nitrogens with two attached hydrogens (primary N) is 1. The number of nitrogens with one attached hydrogen (secondary N) is 2. The van der Waals surface area contributed by atoms with Crippen molar-refractivity contribution < 1.29 is 22.8 Å². The van der Waals surface area contributed by atoms with Crippen molar-refractivity contribution in [2.75, 3.05) is 6.54 Å². The van der Waals surface area contributed by atoms with Gasteiger partial charge in [-0.1, -0.05) is 36.4 Å². The van der Waals surface area contributed by atoms with Crippen LogP contribution in [0.25, 0.3) is 0 Å². The molecule has 0 saturated heterocycles. The molecule has 172 valence electrons. The molecule has 1 fully saturated rings. The van der Waals surface area contributed by atoms with Gasteiger partial charge in [-0.2, -0.15) is 13.2 Å². The maximum absolute atomic E-state index is 12.8. The van der Waals surface area contributed by atoms with Crippen LogP contribution in [0.15, 0.2) is 54.6 Å². The summed E-state index contributed by atoms with van der Waals surface area (Å²) in [5, 5.41) is 5.38. The van der Waals surface area contributed by atoms with E-state index in [1.54, 1.807) is 0 Å². The van der Waals surface area contributed by atoms with Gasteiger partial charge in [-0.05, 0) is 61.8 Å². The van der Waals surface area contributed by atoms with Crippen molar-refractivity contribution in [3.8, 4) is 0 Å². The molecule has 1 aliphatic rings. The van der Waals surface area contributed by atoms with Gasteiger partial charge in [0.05, 0.1) is 12.1 Å². The first-order valence-electron chi connectivity index (χ1n) is 10.8. The largest absolute Gasteiger partial charge is 0.416 e. The fourth-order valence-electron chi connectivity index (χ4n) is 4.16. The quantitative estimate of drug-likeness (QED) is 0.606. The number of hydrogen-bond acceptors (Lipinski definition) is 3. The molecule has 2 amide bonds.